The Kier molecular flexibility index (Phi) is 3.97. The van der Waals surface area contributed by atoms with E-state index in [0.717, 1.165) is 0 Å². The highest BCUT2D eigenvalue weighted by molar-refractivity contribution is 9.10. The summed E-state index contributed by atoms with van der Waals surface area (Å²) in [5.74, 6) is -1.35. The van der Waals surface area contributed by atoms with Crippen molar-refractivity contribution in [2.24, 2.45) is 0 Å². The molecule has 0 aliphatic carbocycles. The zero-order chi connectivity index (χ0) is 14.0. The van der Waals surface area contributed by atoms with Crippen molar-refractivity contribution in [1.82, 2.24) is 0 Å². The predicted molar refractivity (Wildman–Crippen MR) is 76.9 cm³/mol. The summed E-state index contributed by atoms with van der Waals surface area (Å²) < 4.78 is 0.657. The van der Waals surface area contributed by atoms with Crippen LogP contribution in [-0.4, -0.2) is 16.1 Å². The van der Waals surface area contributed by atoms with Crippen molar-refractivity contribution in [3.05, 3.63) is 51.5 Å². The third-order valence-electron chi connectivity index (χ3n) is 2.44. The van der Waals surface area contributed by atoms with Crippen molar-refractivity contribution in [3.63, 3.8) is 0 Å². The van der Waals surface area contributed by atoms with Gasteiger partial charge in [-0.3, -0.25) is 4.79 Å². The molecule has 0 saturated heterocycles. The second-order valence-corrected chi connectivity index (χ2v) is 5.04. The highest BCUT2D eigenvalue weighted by Crippen LogP contribution is 2.30. The van der Waals surface area contributed by atoms with Crippen LogP contribution in [0.1, 0.15) is 10.4 Å². The van der Waals surface area contributed by atoms with E-state index in [0.29, 0.717) is 15.2 Å². The molecule has 2 aromatic carbocycles. The molecule has 0 aromatic heterocycles. The fourth-order valence-corrected chi connectivity index (χ4v) is 2.02. The van der Waals surface area contributed by atoms with E-state index in [2.05, 4.69) is 21.2 Å². The summed E-state index contributed by atoms with van der Waals surface area (Å²) in [6.45, 7) is 0. The topological polar surface area (TPSA) is 69.6 Å². The zero-order valence-electron chi connectivity index (χ0n) is 9.52. The Labute approximate surface area is 122 Å². The zero-order valence-corrected chi connectivity index (χ0v) is 11.9. The highest BCUT2D eigenvalue weighted by atomic mass is 79.9. The van der Waals surface area contributed by atoms with Gasteiger partial charge in [0.25, 0.3) is 5.91 Å². The number of para-hydroxylation sites is 1. The van der Waals surface area contributed by atoms with E-state index in [9.17, 15) is 15.0 Å². The standard InChI is InChI=1S/C13H9BrClNO3/c14-9-5-4-7(15)6-10(9)16-13(19)8-2-1-3-11(17)12(8)18/h1-6,17-18H,(H,16,19). The van der Waals surface area contributed by atoms with Gasteiger partial charge in [-0.15, -0.1) is 0 Å². The number of rotatable bonds is 2. The minimum atomic E-state index is -0.545. The van der Waals surface area contributed by atoms with Gasteiger partial charge in [0, 0.05) is 9.50 Å². The predicted octanol–water partition coefficient (Wildman–Crippen LogP) is 3.77. The average molecular weight is 343 g/mol. The first-order valence-corrected chi connectivity index (χ1v) is 6.43. The number of anilines is 1. The lowest BCUT2D eigenvalue weighted by Crippen LogP contribution is -2.12. The van der Waals surface area contributed by atoms with Crippen molar-refractivity contribution in [2.45, 2.75) is 0 Å². The fraction of sp³-hybridized carbons (Fsp3) is 0. The lowest BCUT2D eigenvalue weighted by Gasteiger charge is -2.09. The summed E-state index contributed by atoms with van der Waals surface area (Å²) in [4.78, 5) is 12.0. The molecular weight excluding hydrogens is 334 g/mol. The molecule has 2 aromatic rings. The number of aromatic hydroxyl groups is 2. The molecule has 0 fully saturated rings. The Morgan fingerprint density at radius 3 is 2.68 bits per heavy atom. The molecule has 98 valence electrons. The van der Waals surface area contributed by atoms with Crippen LogP contribution in [0, 0.1) is 0 Å². The van der Waals surface area contributed by atoms with Crippen molar-refractivity contribution >= 4 is 39.1 Å². The summed E-state index contributed by atoms with van der Waals surface area (Å²) in [7, 11) is 0. The van der Waals surface area contributed by atoms with Gasteiger partial charge in [-0.1, -0.05) is 17.7 Å². The van der Waals surface area contributed by atoms with Crippen LogP contribution in [0.5, 0.6) is 11.5 Å². The molecule has 0 radical (unpaired) electrons. The van der Waals surface area contributed by atoms with Gasteiger partial charge >= 0.3 is 0 Å². The fourth-order valence-electron chi connectivity index (χ4n) is 1.50. The van der Waals surface area contributed by atoms with Crippen LogP contribution < -0.4 is 5.32 Å². The van der Waals surface area contributed by atoms with Crippen LogP contribution >= 0.6 is 27.5 Å². The molecule has 1 amide bonds. The molecule has 2 rings (SSSR count). The Hall–Kier alpha value is -1.72. The molecule has 0 spiro atoms. The molecule has 3 N–H and O–H groups in total. The van der Waals surface area contributed by atoms with Gasteiger partial charge in [0.2, 0.25) is 0 Å². The molecule has 0 aliphatic rings. The number of carbonyl (C=O) groups excluding carboxylic acids is 1. The number of amides is 1. The summed E-state index contributed by atoms with van der Waals surface area (Å²) in [5.41, 5.74) is 0.451. The molecule has 19 heavy (non-hydrogen) atoms. The lowest BCUT2D eigenvalue weighted by molar-refractivity contribution is 0.102. The Morgan fingerprint density at radius 1 is 1.21 bits per heavy atom. The maximum Gasteiger partial charge on any atom is 0.259 e. The third kappa shape index (κ3) is 3.00. The summed E-state index contributed by atoms with van der Waals surface area (Å²) in [6, 6.07) is 9.11. The number of hydrogen-bond acceptors (Lipinski definition) is 3. The maximum atomic E-state index is 12.0. The number of halogens is 2. The van der Waals surface area contributed by atoms with Crippen LogP contribution in [0.25, 0.3) is 0 Å². The molecule has 0 heterocycles. The highest BCUT2D eigenvalue weighted by Gasteiger charge is 2.15. The van der Waals surface area contributed by atoms with E-state index < -0.39 is 11.7 Å². The molecule has 0 atom stereocenters. The first-order chi connectivity index (χ1) is 8.99. The van der Waals surface area contributed by atoms with Crippen molar-refractivity contribution in [3.8, 4) is 11.5 Å². The van der Waals surface area contributed by atoms with Gasteiger partial charge in [0.15, 0.2) is 11.5 Å². The Balaban J connectivity index is 2.31. The summed E-state index contributed by atoms with van der Waals surface area (Å²) in [5, 5.41) is 22.0. The van der Waals surface area contributed by atoms with Crippen LogP contribution in [0.4, 0.5) is 5.69 Å². The third-order valence-corrected chi connectivity index (χ3v) is 3.36. The number of benzene rings is 2. The number of phenolic OH excluding ortho intramolecular Hbond substituents is 2. The summed E-state index contributed by atoms with van der Waals surface area (Å²) in [6.07, 6.45) is 0. The minimum Gasteiger partial charge on any atom is -0.504 e. The quantitative estimate of drug-likeness (QED) is 0.728. The van der Waals surface area contributed by atoms with Gasteiger partial charge in [-0.2, -0.15) is 0 Å². The van der Waals surface area contributed by atoms with Crippen LogP contribution in [-0.2, 0) is 0 Å². The smallest absolute Gasteiger partial charge is 0.259 e. The van der Waals surface area contributed by atoms with Crippen LogP contribution in [0.15, 0.2) is 40.9 Å². The Morgan fingerprint density at radius 2 is 1.95 bits per heavy atom. The van der Waals surface area contributed by atoms with E-state index in [-0.39, 0.29) is 11.3 Å². The molecule has 0 unspecified atom stereocenters. The number of carbonyl (C=O) groups is 1. The van der Waals surface area contributed by atoms with Crippen LogP contribution in [0.3, 0.4) is 0 Å². The molecule has 0 saturated carbocycles. The monoisotopic (exact) mass is 341 g/mol. The van der Waals surface area contributed by atoms with Gasteiger partial charge in [-0.05, 0) is 46.3 Å². The second kappa shape index (κ2) is 5.50. The van der Waals surface area contributed by atoms with Gasteiger partial charge in [-0.25, -0.2) is 0 Å². The maximum absolute atomic E-state index is 12.0. The van der Waals surface area contributed by atoms with E-state index >= 15 is 0 Å². The molecule has 0 bridgehead atoms. The number of nitrogens with one attached hydrogen (secondary N) is 1. The minimum absolute atomic E-state index is 0.0214. The lowest BCUT2D eigenvalue weighted by atomic mass is 10.1. The molecule has 0 aliphatic heterocycles. The normalized spacial score (nSPS) is 10.2. The Bertz CT molecular complexity index is 646. The van der Waals surface area contributed by atoms with E-state index in [1.165, 1.54) is 18.2 Å². The molecular formula is C13H9BrClNO3. The van der Waals surface area contributed by atoms with Crippen molar-refractivity contribution < 1.29 is 15.0 Å². The first kappa shape index (κ1) is 13.7. The SMILES string of the molecule is O=C(Nc1cc(Cl)ccc1Br)c1cccc(O)c1O. The molecule has 6 heteroatoms. The second-order valence-electron chi connectivity index (χ2n) is 3.75. The van der Waals surface area contributed by atoms with E-state index in [1.54, 1.807) is 18.2 Å². The van der Waals surface area contributed by atoms with E-state index in [4.69, 9.17) is 11.6 Å². The van der Waals surface area contributed by atoms with E-state index in [1.807, 2.05) is 0 Å². The van der Waals surface area contributed by atoms with Crippen molar-refractivity contribution in [1.29, 1.82) is 0 Å². The van der Waals surface area contributed by atoms with Crippen molar-refractivity contribution in [2.75, 3.05) is 5.32 Å². The van der Waals surface area contributed by atoms with Gasteiger partial charge < -0.3 is 15.5 Å². The largest absolute Gasteiger partial charge is 0.504 e. The molecule has 4 nitrogen and oxygen atoms in total. The number of hydrogen-bond donors (Lipinski definition) is 3. The van der Waals surface area contributed by atoms with Gasteiger partial charge in [0.05, 0.1) is 11.3 Å². The average Bonchev–Trinajstić information content (AvgIpc) is 2.37. The summed E-state index contributed by atoms with van der Waals surface area (Å²) >= 11 is 9.12. The van der Waals surface area contributed by atoms with Gasteiger partial charge in [0.1, 0.15) is 0 Å². The first-order valence-electron chi connectivity index (χ1n) is 5.26. The van der Waals surface area contributed by atoms with Crippen LogP contribution in [0.2, 0.25) is 5.02 Å². The number of phenols is 2.